The number of aromatic nitrogens is 2. The highest BCUT2D eigenvalue weighted by Gasteiger charge is 2.21. The van der Waals surface area contributed by atoms with E-state index in [0.717, 1.165) is 6.20 Å². The molecule has 0 radical (unpaired) electrons. The number of nitrogens with zero attached hydrogens (tertiary/aromatic N) is 1. The van der Waals surface area contributed by atoms with Crippen LogP contribution in [0, 0.1) is 0 Å². The third-order valence-corrected chi connectivity index (χ3v) is 2.25. The third kappa shape index (κ3) is 5.37. The third-order valence-electron chi connectivity index (χ3n) is 2.25. The second-order valence-corrected chi connectivity index (χ2v) is 5.25. The lowest BCUT2D eigenvalue weighted by Crippen LogP contribution is -2.39. The van der Waals surface area contributed by atoms with E-state index in [1.165, 1.54) is 6.20 Å². The van der Waals surface area contributed by atoms with Crippen LogP contribution in [0.25, 0.3) is 0 Å². The van der Waals surface area contributed by atoms with E-state index < -0.39 is 29.6 Å². The minimum atomic E-state index is -1.28. The zero-order chi connectivity index (χ0) is 15.3. The monoisotopic (exact) mass is 285 g/mol. The van der Waals surface area contributed by atoms with E-state index in [4.69, 9.17) is 4.74 Å². The molecule has 1 aromatic rings. The van der Waals surface area contributed by atoms with Crippen molar-refractivity contribution in [2.24, 2.45) is 0 Å². The summed E-state index contributed by atoms with van der Waals surface area (Å²) in [7, 11) is 0. The Morgan fingerprint density at radius 2 is 2.15 bits per heavy atom. The van der Waals surface area contributed by atoms with Crippen LogP contribution in [0.15, 0.2) is 17.2 Å². The molecule has 2 atom stereocenters. The van der Waals surface area contributed by atoms with Gasteiger partial charge in [0.1, 0.15) is 17.8 Å². The van der Waals surface area contributed by atoms with Gasteiger partial charge in [0.2, 0.25) is 0 Å². The molecule has 1 amide bonds. The largest absolute Gasteiger partial charge is 0.444 e. The summed E-state index contributed by atoms with van der Waals surface area (Å²) in [5, 5.41) is 21.9. The number of hydrogen-bond donors (Lipinski definition) is 4. The summed E-state index contributed by atoms with van der Waals surface area (Å²) in [4.78, 5) is 27.9. The number of rotatable bonds is 4. The summed E-state index contributed by atoms with van der Waals surface area (Å²) in [6.45, 7) is 4.94. The Kier molecular flexibility index (Phi) is 5.23. The Bertz CT molecular complexity index is 488. The fraction of sp³-hybridized carbons (Fsp3) is 0.583. The molecule has 112 valence electrons. The molecule has 1 aromatic heterocycles. The van der Waals surface area contributed by atoms with Gasteiger partial charge in [-0.3, -0.25) is 0 Å². The molecule has 0 saturated heterocycles. The van der Waals surface area contributed by atoms with Crippen LogP contribution in [0.1, 0.15) is 32.4 Å². The predicted octanol–water partition coefficient (Wildman–Crippen LogP) is -0.311. The fourth-order valence-electron chi connectivity index (χ4n) is 1.35. The highest BCUT2D eigenvalue weighted by molar-refractivity contribution is 5.67. The van der Waals surface area contributed by atoms with Crippen molar-refractivity contribution >= 4 is 6.09 Å². The number of amides is 1. The molecule has 0 aliphatic heterocycles. The molecule has 0 aliphatic rings. The molecular formula is C12H19N3O5. The van der Waals surface area contributed by atoms with Gasteiger partial charge in [0.15, 0.2) is 0 Å². The highest BCUT2D eigenvalue weighted by Crippen LogP contribution is 2.13. The lowest BCUT2D eigenvalue weighted by Gasteiger charge is -2.22. The highest BCUT2D eigenvalue weighted by atomic mass is 16.6. The lowest BCUT2D eigenvalue weighted by molar-refractivity contribution is 0.0126. The SMILES string of the molecule is CC(C)(C)OC(=O)NCC(O)C(O)c1cnc(=O)[nH]c1. The van der Waals surface area contributed by atoms with Crippen LogP contribution >= 0.6 is 0 Å². The predicted molar refractivity (Wildman–Crippen MR) is 70.1 cm³/mol. The number of H-pyrrole nitrogens is 1. The quantitative estimate of drug-likeness (QED) is 0.601. The van der Waals surface area contributed by atoms with Crippen LogP contribution in [0.2, 0.25) is 0 Å². The van der Waals surface area contributed by atoms with E-state index >= 15 is 0 Å². The van der Waals surface area contributed by atoms with Gasteiger partial charge < -0.3 is 25.3 Å². The molecule has 0 fully saturated rings. The summed E-state index contributed by atoms with van der Waals surface area (Å²) < 4.78 is 4.99. The van der Waals surface area contributed by atoms with Crippen LogP contribution in [-0.4, -0.2) is 44.5 Å². The van der Waals surface area contributed by atoms with Crippen molar-refractivity contribution in [3.63, 3.8) is 0 Å². The van der Waals surface area contributed by atoms with Gasteiger partial charge in [-0.05, 0) is 20.8 Å². The number of aliphatic hydroxyl groups is 2. The van der Waals surface area contributed by atoms with Crippen LogP contribution in [0.5, 0.6) is 0 Å². The van der Waals surface area contributed by atoms with Crippen molar-refractivity contribution in [2.75, 3.05) is 6.54 Å². The second-order valence-electron chi connectivity index (χ2n) is 5.25. The van der Waals surface area contributed by atoms with Crippen LogP contribution in [-0.2, 0) is 4.74 Å². The number of ether oxygens (including phenoxy) is 1. The Morgan fingerprint density at radius 1 is 1.50 bits per heavy atom. The maximum atomic E-state index is 11.4. The van der Waals surface area contributed by atoms with Gasteiger partial charge in [-0.25, -0.2) is 14.6 Å². The number of nitrogens with one attached hydrogen (secondary N) is 2. The molecule has 0 aromatic carbocycles. The zero-order valence-electron chi connectivity index (χ0n) is 11.6. The average Bonchev–Trinajstić information content (AvgIpc) is 2.34. The van der Waals surface area contributed by atoms with Crippen LogP contribution < -0.4 is 11.0 Å². The number of aromatic amines is 1. The molecule has 4 N–H and O–H groups in total. The maximum Gasteiger partial charge on any atom is 0.407 e. The van der Waals surface area contributed by atoms with Gasteiger partial charge >= 0.3 is 11.8 Å². The Morgan fingerprint density at radius 3 is 2.65 bits per heavy atom. The molecule has 0 aliphatic carbocycles. The standard InChI is InChI=1S/C12H19N3O5/c1-12(2,3)20-11(19)15-6-8(16)9(17)7-4-13-10(18)14-5-7/h4-5,8-9,16-17H,6H2,1-3H3,(H,15,19)(H,13,14,18). The minimum absolute atomic E-state index is 0.199. The normalized spacial score (nSPS) is 14.4. The number of alkyl carbamates (subject to hydrolysis) is 1. The van der Waals surface area contributed by atoms with Crippen LogP contribution in [0.3, 0.4) is 0 Å². The summed E-state index contributed by atoms with van der Waals surface area (Å²) in [6.07, 6.45) is -0.829. The van der Waals surface area contributed by atoms with Gasteiger partial charge in [-0.15, -0.1) is 0 Å². The minimum Gasteiger partial charge on any atom is -0.444 e. The number of carbonyl (C=O) groups excluding carboxylic acids is 1. The first-order valence-electron chi connectivity index (χ1n) is 6.06. The van der Waals surface area contributed by atoms with Gasteiger partial charge in [-0.2, -0.15) is 0 Å². The summed E-state index contributed by atoms with van der Waals surface area (Å²) in [5.41, 5.74) is -0.957. The van der Waals surface area contributed by atoms with Crippen molar-refractivity contribution in [3.8, 4) is 0 Å². The summed E-state index contributed by atoms with van der Waals surface area (Å²) in [5.74, 6) is 0. The first-order valence-corrected chi connectivity index (χ1v) is 6.06. The Hall–Kier alpha value is -1.93. The van der Waals surface area contributed by atoms with Crippen molar-refractivity contribution < 1.29 is 19.7 Å². The van der Waals surface area contributed by atoms with Gasteiger partial charge in [0.25, 0.3) is 0 Å². The van der Waals surface area contributed by atoms with E-state index in [1.807, 2.05) is 0 Å². The number of aliphatic hydroxyl groups excluding tert-OH is 2. The van der Waals surface area contributed by atoms with E-state index in [-0.39, 0.29) is 12.1 Å². The molecule has 8 nitrogen and oxygen atoms in total. The second kappa shape index (κ2) is 6.49. The topological polar surface area (TPSA) is 125 Å². The Labute approximate surface area is 115 Å². The molecule has 1 heterocycles. The molecular weight excluding hydrogens is 266 g/mol. The van der Waals surface area contributed by atoms with Crippen LogP contribution in [0.4, 0.5) is 4.79 Å². The van der Waals surface area contributed by atoms with E-state index in [1.54, 1.807) is 20.8 Å². The number of carbonyl (C=O) groups is 1. The first-order chi connectivity index (χ1) is 9.19. The molecule has 0 saturated carbocycles. The zero-order valence-corrected chi connectivity index (χ0v) is 11.6. The first kappa shape index (κ1) is 16.1. The van der Waals surface area contributed by atoms with Crippen molar-refractivity contribution in [1.29, 1.82) is 0 Å². The lowest BCUT2D eigenvalue weighted by atomic mass is 10.1. The summed E-state index contributed by atoms with van der Waals surface area (Å²) >= 11 is 0. The fourth-order valence-corrected chi connectivity index (χ4v) is 1.35. The summed E-state index contributed by atoms with van der Waals surface area (Å²) in [6, 6.07) is 0. The van der Waals surface area contributed by atoms with E-state index in [0.29, 0.717) is 0 Å². The van der Waals surface area contributed by atoms with Gasteiger partial charge in [-0.1, -0.05) is 0 Å². The average molecular weight is 285 g/mol. The Balaban J connectivity index is 2.50. The molecule has 20 heavy (non-hydrogen) atoms. The van der Waals surface area contributed by atoms with Gasteiger partial charge in [0.05, 0.1) is 0 Å². The molecule has 8 heteroatoms. The van der Waals surface area contributed by atoms with Crippen molar-refractivity contribution in [1.82, 2.24) is 15.3 Å². The smallest absolute Gasteiger partial charge is 0.407 e. The van der Waals surface area contributed by atoms with E-state index in [9.17, 15) is 19.8 Å². The maximum absolute atomic E-state index is 11.4. The molecule has 2 unspecified atom stereocenters. The molecule has 1 rings (SSSR count). The van der Waals surface area contributed by atoms with Crippen molar-refractivity contribution in [2.45, 2.75) is 38.6 Å². The van der Waals surface area contributed by atoms with Crippen molar-refractivity contribution in [3.05, 3.63) is 28.4 Å². The number of hydrogen-bond acceptors (Lipinski definition) is 6. The van der Waals surface area contributed by atoms with E-state index in [2.05, 4.69) is 15.3 Å². The molecule has 0 spiro atoms. The molecule has 0 bridgehead atoms. The van der Waals surface area contributed by atoms with Gasteiger partial charge in [0, 0.05) is 24.5 Å².